The van der Waals surface area contributed by atoms with Crippen LogP contribution in [0.15, 0.2) is 0 Å². The van der Waals surface area contributed by atoms with Gasteiger partial charge in [0.05, 0.1) is 12.6 Å². The lowest BCUT2D eigenvalue weighted by atomic mass is 10.0. The molecule has 0 aromatic rings. The Bertz CT molecular complexity index is 273. The lowest BCUT2D eigenvalue weighted by molar-refractivity contribution is -0.138. The molecule has 0 aromatic heterocycles. The zero-order valence-corrected chi connectivity index (χ0v) is 10.7. The van der Waals surface area contributed by atoms with Crippen LogP contribution in [0.25, 0.3) is 0 Å². The van der Waals surface area contributed by atoms with Gasteiger partial charge in [0.15, 0.2) is 0 Å². The first kappa shape index (κ1) is 14.0. The van der Waals surface area contributed by atoms with Crippen molar-refractivity contribution >= 4 is 11.8 Å². The summed E-state index contributed by atoms with van der Waals surface area (Å²) in [4.78, 5) is 24.8. The summed E-state index contributed by atoms with van der Waals surface area (Å²) >= 11 is 0. The molecule has 0 aromatic carbocycles. The van der Waals surface area contributed by atoms with E-state index >= 15 is 0 Å². The van der Waals surface area contributed by atoms with E-state index in [2.05, 4.69) is 5.32 Å². The average molecular weight is 241 g/mol. The number of carbonyl (C=O) groups excluding carboxylic acids is 2. The topological polar surface area (TPSA) is 75.4 Å². The summed E-state index contributed by atoms with van der Waals surface area (Å²) in [5, 5.41) is 3.20. The lowest BCUT2D eigenvalue weighted by Gasteiger charge is -2.30. The minimum absolute atomic E-state index is 0.0113. The summed E-state index contributed by atoms with van der Waals surface area (Å²) in [5.74, 6) is -0.103. The van der Waals surface area contributed by atoms with E-state index in [1.807, 2.05) is 13.8 Å². The van der Waals surface area contributed by atoms with Gasteiger partial charge in [0, 0.05) is 6.54 Å². The standard InChI is InChI=1S/C12H23N3O2/c1-9(2)7-15(8-11(13)16)12(17)10-5-3-4-6-14-10/h9-10,14H,3-8H2,1-2H3,(H2,13,16). The molecule has 1 unspecified atom stereocenters. The van der Waals surface area contributed by atoms with Crippen LogP contribution in [0.5, 0.6) is 0 Å². The van der Waals surface area contributed by atoms with E-state index in [0.29, 0.717) is 12.5 Å². The van der Waals surface area contributed by atoms with Gasteiger partial charge in [-0.15, -0.1) is 0 Å². The number of nitrogens with one attached hydrogen (secondary N) is 1. The second-order valence-corrected chi connectivity index (χ2v) is 5.08. The van der Waals surface area contributed by atoms with E-state index < -0.39 is 5.91 Å². The minimum Gasteiger partial charge on any atom is -0.368 e. The molecule has 1 saturated heterocycles. The number of amides is 2. The Kier molecular flexibility index (Phi) is 5.41. The van der Waals surface area contributed by atoms with Crippen LogP contribution >= 0.6 is 0 Å². The largest absolute Gasteiger partial charge is 0.368 e. The fourth-order valence-corrected chi connectivity index (χ4v) is 2.14. The van der Waals surface area contributed by atoms with E-state index in [1.54, 1.807) is 4.90 Å². The Morgan fingerprint density at radius 3 is 2.59 bits per heavy atom. The smallest absolute Gasteiger partial charge is 0.240 e. The highest BCUT2D eigenvalue weighted by Crippen LogP contribution is 2.11. The van der Waals surface area contributed by atoms with Crippen LogP contribution < -0.4 is 11.1 Å². The van der Waals surface area contributed by atoms with Gasteiger partial charge in [-0.2, -0.15) is 0 Å². The predicted molar refractivity (Wildman–Crippen MR) is 66.3 cm³/mol. The molecule has 98 valence electrons. The summed E-state index contributed by atoms with van der Waals surface area (Å²) in [6.45, 7) is 5.53. The van der Waals surface area contributed by atoms with Crippen LogP contribution in [0.4, 0.5) is 0 Å². The summed E-state index contributed by atoms with van der Waals surface area (Å²) < 4.78 is 0. The zero-order chi connectivity index (χ0) is 12.8. The number of carbonyl (C=O) groups is 2. The minimum atomic E-state index is -0.449. The molecular weight excluding hydrogens is 218 g/mol. The molecule has 0 bridgehead atoms. The molecule has 1 rings (SSSR count). The second-order valence-electron chi connectivity index (χ2n) is 5.08. The molecule has 0 aliphatic carbocycles. The second kappa shape index (κ2) is 6.59. The van der Waals surface area contributed by atoms with Crippen molar-refractivity contribution in [2.45, 2.75) is 39.2 Å². The molecule has 5 heteroatoms. The van der Waals surface area contributed by atoms with Crippen LogP contribution in [0, 0.1) is 5.92 Å². The maximum Gasteiger partial charge on any atom is 0.240 e. The van der Waals surface area contributed by atoms with E-state index in [0.717, 1.165) is 25.8 Å². The normalized spacial score (nSPS) is 20.3. The Morgan fingerprint density at radius 2 is 2.12 bits per heavy atom. The summed E-state index contributed by atoms with van der Waals surface area (Å²) in [7, 11) is 0. The number of nitrogens with zero attached hydrogens (tertiary/aromatic N) is 1. The van der Waals surface area contributed by atoms with Crippen molar-refractivity contribution in [3.8, 4) is 0 Å². The molecule has 3 N–H and O–H groups in total. The number of primary amides is 1. The van der Waals surface area contributed by atoms with E-state index in [4.69, 9.17) is 5.73 Å². The van der Waals surface area contributed by atoms with Gasteiger partial charge in [-0.25, -0.2) is 0 Å². The number of hydrogen-bond donors (Lipinski definition) is 2. The van der Waals surface area contributed by atoms with Crippen LogP contribution in [-0.4, -0.2) is 42.4 Å². The monoisotopic (exact) mass is 241 g/mol. The van der Waals surface area contributed by atoms with Crippen LogP contribution in [0.3, 0.4) is 0 Å². The van der Waals surface area contributed by atoms with Crippen molar-refractivity contribution in [1.82, 2.24) is 10.2 Å². The third-order valence-corrected chi connectivity index (χ3v) is 2.85. The van der Waals surface area contributed by atoms with Crippen LogP contribution in [0.2, 0.25) is 0 Å². The number of rotatable bonds is 5. The third-order valence-electron chi connectivity index (χ3n) is 2.85. The number of piperidine rings is 1. The molecule has 5 nitrogen and oxygen atoms in total. The van der Waals surface area contributed by atoms with E-state index in [9.17, 15) is 9.59 Å². The first-order valence-electron chi connectivity index (χ1n) is 6.31. The van der Waals surface area contributed by atoms with Gasteiger partial charge in [0.2, 0.25) is 11.8 Å². The highest BCUT2D eigenvalue weighted by molar-refractivity contribution is 5.87. The lowest BCUT2D eigenvalue weighted by Crippen LogP contribution is -2.51. The molecule has 0 saturated carbocycles. The Balaban J connectivity index is 2.60. The highest BCUT2D eigenvalue weighted by Gasteiger charge is 2.26. The quantitative estimate of drug-likeness (QED) is 0.716. The number of hydrogen-bond acceptors (Lipinski definition) is 3. The van der Waals surface area contributed by atoms with Crippen LogP contribution in [0.1, 0.15) is 33.1 Å². The van der Waals surface area contributed by atoms with Crippen LogP contribution in [-0.2, 0) is 9.59 Å². The van der Waals surface area contributed by atoms with Gasteiger partial charge in [0.1, 0.15) is 0 Å². The summed E-state index contributed by atoms with van der Waals surface area (Å²) in [5.41, 5.74) is 5.18. The van der Waals surface area contributed by atoms with E-state index in [1.165, 1.54) is 0 Å². The fraction of sp³-hybridized carbons (Fsp3) is 0.833. The summed E-state index contributed by atoms with van der Waals surface area (Å²) in [6.07, 6.45) is 3.03. The van der Waals surface area contributed by atoms with Gasteiger partial charge in [-0.05, 0) is 25.3 Å². The van der Waals surface area contributed by atoms with Gasteiger partial charge in [0.25, 0.3) is 0 Å². The van der Waals surface area contributed by atoms with Crippen molar-refractivity contribution in [2.24, 2.45) is 11.7 Å². The molecule has 17 heavy (non-hydrogen) atoms. The summed E-state index contributed by atoms with van der Waals surface area (Å²) in [6, 6.07) is -0.137. The van der Waals surface area contributed by atoms with Gasteiger partial charge in [-0.3, -0.25) is 9.59 Å². The van der Waals surface area contributed by atoms with Gasteiger partial charge < -0.3 is 16.0 Å². The maximum atomic E-state index is 12.2. The fourth-order valence-electron chi connectivity index (χ4n) is 2.14. The molecule has 1 atom stereocenters. The molecule has 1 aliphatic heterocycles. The molecular formula is C12H23N3O2. The molecule has 1 fully saturated rings. The molecule has 0 spiro atoms. The Morgan fingerprint density at radius 1 is 1.41 bits per heavy atom. The predicted octanol–water partition coefficient (Wildman–Crippen LogP) is 0.0984. The maximum absolute atomic E-state index is 12.2. The van der Waals surface area contributed by atoms with Gasteiger partial charge in [-0.1, -0.05) is 20.3 Å². The van der Waals surface area contributed by atoms with Crippen molar-refractivity contribution in [2.75, 3.05) is 19.6 Å². The highest BCUT2D eigenvalue weighted by atomic mass is 16.2. The van der Waals surface area contributed by atoms with Crippen molar-refractivity contribution in [1.29, 1.82) is 0 Å². The first-order chi connectivity index (χ1) is 8.00. The van der Waals surface area contributed by atoms with Crippen molar-refractivity contribution in [3.63, 3.8) is 0 Å². The Labute approximate surface area is 103 Å². The van der Waals surface area contributed by atoms with E-state index in [-0.39, 0.29) is 18.5 Å². The molecule has 1 heterocycles. The molecule has 0 radical (unpaired) electrons. The SMILES string of the molecule is CC(C)CN(CC(N)=O)C(=O)C1CCCCN1. The van der Waals surface area contributed by atoms with Gasteiger partial charge >= 0.3 is 0 Å². The number of nitrogens with two attached hydrogens (primary N) is 1. The average Bonchev–Trinajstić information content (AvgIpc) is 2.27. The Hall–Kier alpha value is -1.10. The third kappa shape index (κ3) is 4.73. The van der Waals surface area contributed by atoms with Crippen molar-refractivity contribution in [3.05, 3.63) is 0 Å². The van der Waals surface area contributed by atoms with Crippen molar-refractivity contribution < 1.29 is 9.59 Å². The zero-order valence-electron chi connectivity index (χ0n) is 10.7. The molecule has 1 aliphatic rings. The first-order valence-corrected chi connectivity index (χ1v) is 6.31. The molecule has 2 amide bonds.